The number of ether oxygens (including phenoxy) is 4. The number of rotatable bonds is 17. The molecule has 1 unspecified atom stereocenters. The van der Waals surface area contributed by atoms with E-state index in [1.165, 1.54) is 14.2 Å². The van der Waals surface area contributed by atoms with Crippen LogP contribution in [-0.2, 0) is 20.7 Å². The molecule has 0 heterocycles. The summed E-state index contributed by atoms with van der Waals surface area (Å²) >= 11 is 0. The van der Waals surface area contributed by atoms with Gasteiger partial charge in [-0.05, 0) is 73.9 Å². The summed E-state index contributed by atoms with van der Waals surface area (Å²) in [6.07, 6.45) is 10.0. The van der Waals surface area contributed by atoms with Gasteiger partial charge in [0.05, 0.1) is 33.0 Å². The van der Waals surface area contributed by atoms with Crippen molar-refractivity contribution in [1.29, 1.82) is 0 Å². The molecule has 3 aromatic carbocycles. The van der Waals surface area contributed by atoms with Crippen LogP contribution in [0.15, 0.2) is 84.9 Å². The van der Waals surface area contributed by atoms with Gasteiger partial charge >= 0.3 is 11.9 Å². The maximum Gasteiger partial charge on any atom is 0.337 e. The van der Waals surface area contributed by atoms with E-state index in [-0.39, 0.29) is 17.9 Å². The number of carbonyl (C=O) groups excluding carboxylic acids is 2. The van der Waals surface area contributed by atoms with E-state index in [2.05, 4.69) is 18.2 Å². The summed E-state index contributed by atoms with van der Waals surface area (Å²) < 4.78 is 21.5. The highest BCUT2D eigenvalue weighted by Gasteiger charge is 2.11. The number of allylic oxidation sites excluding steroid dienone is 1. The molecule has 6 heteroatoms. The van der Waals surface area contributed by atoms with Crippen LogP contribution in [-0.4, -0.2) is 39.4 Å². The zero-order valence-electron chi connectivity index (χ0n) is 23.6. The molecule has 0 saturated heterocycles. The van der Waals surface area contributed by atoms with Crippen LogP contribution in [0.1, 0.15) is 60.0 Å². The first-order valence-corrected chi connectivity index (χ1v) is 13.9. The maximum atomic E-state index is 11.8. The van der Waals surface area contributed by atoms with Crippen LogP contribution >= 0.6 is 0 Å². The van der Waals surface area contributed by atoms with Gasteiger partial charge in [0.2, 0.25) is 0 Å². The van der Waals surface area contributed by atoms with Crippen molar-refractivity contribution >= 4 is 18.0 Å². The lowest BCUT2D eigenvalue weighted by Gasteiger charge is -2.14. The third kappa shape index (κ3) is 11.0. The zero-order chi connectivity index (χ0) is 28.4. The van der Waals surface area contributed by atoms with E-state index in [9.17, 15) is 9.59 Å². The van der Waals surface area contributed by atoms with E-state index >= 15 is 0 Å². The Hall–Kier alpha value is -4.06. The molecule has 0 N–H and O–H groups in total. The van der Waals surface area contributed by atoms with E-state index < -0.39 is 0 Å². The molecule has 40 heavy (non-hydrogen) atoms. The van der Waals surface area contributed by atoms with Gasteiger partial charge in [0.25, 0.3) is 0 Å². The normalized spacial score (nSPS) is 11.7. The van der Waals surface area contributed by atoms with Crippen LogP contribution in [0.2, 0.25) is 0 Å². The summed E-state index contributed by atoms with van der Waals surface area (Å²) in [4.78, 5) is 23.3. The second-order valence-corrected chi connectivity index (χ2v) is 9.59. The lowest BCUT2D eigenvalue weighted by Crippen LogP contribution is -2.05. The number of carbonyl (C=O) groups is 2. The molecule has 0 fully saturated rings. The number of hydrogen-bond donors (Lipinski definition) is 0. The lowest BCUT2D eigenvalue weighted by atomic mass is 9.92. The Morgan fingerprint density at radius 1 is 0.750 bits per heavy atom. The molecule has 0 radical (unpaired) electrons. The Morgan fingerprint density at radius 2 is 1.45 bits per heavy atom. The van der Waals surface area contributed by atoms with Gasteiger partial charge in [0.1, 0.15) is 11.5 Å². The lowest BCUT2D eigenvalue weighted by molar-refractivity contribution is -0.140. The molecule has 1 atom stereocenters. The molecule has 0 amide bonds. The van der Waals surface area contributed by atoms with E-state index in [1.807, 2.05) is 60.7 Å². The van der Waals surface area contributed by atoms with E-state index in [1.54, 1.807) is 12.1 Å². The predicted octanol–water partition coefficient (Wildman–Crippen LogP) is 7.32. The average molecular weight is 545 g/mol. The average Bonchev–Trinajstić information content (AvgIpc) is 3.00. The highest BCUT2D eigenvalue weighted by Crippen LogP contribution is 2.24. The van der Waals surface area contributed by atoms with Crippen molar-refractivity contribution < 1.29 is 28.5 Å². The smallest absolute Gasteiger partial charge is 0.337 e. The van der Waals surface area contributed by atoms with Crippen molar-refractivity contribution in [2.45, 2.75) is 44.9 Å². The Labute approximate surface area is 237 Å². The van der Waals surface area contributed by atoms with Crippen LogP contribution in [0.3, 0.4) is 0 Å². The Kier molecular flexibility index (Phi) is 13.3. The fourth-order valence-electron chi connectivity index (χ4n) is 4.32. The van der Waals surface area contributed by atoms with Crippen molar-refractivity contribution in [3.8, 4) is 11.5 Å². The minimum atomic E-state index is -0.342. The van der Waals surface area contributed by atoms with Crippen molar-refractivity contribution in [1.82, 2.24) is 0 Å². The third-order valence-electron chi connectivity index (χ3n) is 6.58. The van der Waals surface area contributed by atoms with Crippen LogP contribution in [0.25, 0.3) is 6.08 Å². The number of methoxy groups -OCH3 is 2. The third-order valence-corrected chi connectivity index (χ3v) is 6.58. The van der Waals surface area contributed by atoms with Gasteiger partial charge in [-0.2, -0.15) is 0 Å². The molecule has 6 nitrogen and oxygen atoms in total. The SMILES string of the molecule is COC(=O)CCCCC(/C=C/c1ccccc1OCCCCOc1ccccc1)Cc1ccc(C(=O)OC)cc1. The number of hydrogen-bond acceptors (Lipinski definition) is 6. The minimum Gasteiger partial charge on any atom is -0.494 e. The second kappa shape index (κ2) is 17.5. The van der Waals surface area contributed by atoms with Gasteiger partial charge < -0.3 is 18.9 Å². The predicted molar refractivity (Wildman–Crippen MR) is 158 cm³/mol. The van der Waals surface area contributed by atoms with Gasteiger partial charge in [-0.1, -0.05) is 67.1 Å². The molecular formula is C34H40O6. The number of unbranched alkanes of at least 4 members (excludes halogenated alkanes) is 2. The number of esters is 2. The molecule has 0 aliphatic rings. The molecule has 0 aromatic heterocycles. The summed E-state index contributed by atoms with van der Waals surface area (Å²) in [6.45, 7) is 1.28. The largest absolute Gasteiger partial charge is 0.494 e. The van der Waals surface area contributed by atoms with Crippen molar-refractivity contribution in [2.75, 3.05) is 27.4 Å². The quantitative estimate of drug-likeness (QED) is 0.131. The van der Waals surface area contributed by atoms with Crippen molar-refractivity contribution in [3.05, 3.63) is 102 Å². The molecule has 3 aromatic rings. The first kappa shape index (κ1) is 30.5. The fraction of sp³-hybridized carbons (Fsp3) is 0.353. The highest BCUT2D eigenvalue weighted by atomic mass is 16.5. The molecule has 0 spiro atoms. The van der Waals surface area contributed by atoms with Crippen molar-refractivity contribution in [2.24, 2.45) is 5.92 Å². The Balaban J connectivity index is 1.57. The van der Waals surface area contributed by atoms with Crippen LogP contribution < -0.4 is 9.47 Å². The summed E-state index contributed by atoms with van der Waals surface area (Å²) in [5.74, 6) is 1.48. The summed E-state index contributed by atoms with van der Waals surface area (Å²) in [7, 11) is 2.80. The van der Waals surface area contributed by atoms with Gasteiger partial charge in [-0.25, -0.2) is 4.79 Å². The standard InChI is InChI=1S/C34H40O6/c1-37-33(35)17-9-6-12-27(26-28-19-22-30(23-20-28)34(36)38-2)18-21-29-13-7-8-16-32(29)40-25-11-10-24-39-31-14-4-3-5-15-31/h3-5,7-8,13-16,18-23,27H,6,9-12,17,24-26H2,1-2H3/b21-18+. The molecular weight excluding hydrogens is 504 g/mol. The van der Waals surface area contributed by atoms with Crippen LogP contribution in [0, 0.1) is 5.92 Å². The second-order valence-electron chi connectivity index (χ2n) is 9.59. The summed E-state index contributed by atoms with van der Waals surface area (Å²) in [5, 5.41) is 0. The molecule has 0 aliphatic carbocycles. The Bertz CT molecular complexity index is 1190. The molecule has 3 rings (SSSR count). The van der Waals surface area contributed by atoms with E-state index in [0.29, 0.717) is 25.2 Å². The van der Waals surface area contributed by atoms with Gasteiger partial charge in [-0.3, -0.25) is 4.79 Å². The molecule has 212 valence electrons. The summed E-state index contributed by atoms with van der Waals surface area (Å²) in [5.41, 5.74) is 2.70. The Morgan fingerprint density at radius 3 is 2.17 bits per heavy atom. The monoisotopic (exact) mass is 544 g/mol. The summed E-state index contributed by atoms with van der Waals surface area (Å²) in [6, 6.07) is 25.4. The van der Waals surface area contributed by atoms with Crippen LogP contribution in [0.5, 0.6) is 11.5 Å². The van der Waals surface area contributed by atoms with Gasteiger partial charge in [-0.15, -0.1) is 0 Å². The molecule has 0 saturated carbocycles. The fourth-order valence-corrected chi connectivity index (χ4v) is 4.32. The van der Waals surface area contributed by atoms with Crippen LogP contribution in [0.4, 0.5) is 0 Å². The topological polar surface area (TPSA) is 71.1 Å². The minimum absolute atomic E-state index is 0.178. The van der Waals surface area contributed by atoms with Gasteiger partial charge in [0, 0.05) is 12.0 Å². The molecule has 0 bridgehead atoms. The number of benzene rings is 3. The first-order valence-electron chi connectivity index (χ1n) is 13.9. The maximum absolute atomic E-state index is 11.8. The molecule has 0 aliphatic heterocycles. The van der Waals surface area contributed by atoms with Crippen molar-refractivity contribution in [3.63, 3.8) is 0 Å². The highest BCUT2D eigenvalue weighted by molar-refractivity contribution is 5.89. The first-order chi connectivity index (χ1) is 19.6. The van der Waals surface area contributed by atoms with Gasteiger partial charge in [0.15, 0.2) is 0 Å². The zero-order valence-corrected chi connectivity index (χ0v) is 23.6. The van der Waals surface area contributed by atoms with E-state index in [0.717, 1.165) is 61.2 Å². The van der Waals surface area contributed by atoms with E-state index in [4.69, 9.17) is 18.9 Å². The number of para-hydroxylation sites is 2.